The third-order valence-corrected chi connectivity index (χ3v) is 4.29. The largest absolute Gasteiger partial charge is 0.272 e. The number of carbonyl (C=O) groups excluding carboxylic acids is 2. The van der Waals surface area contributed by atoms with Gasteiger partial charge in [-0.3, -0.25) is 15.0 Å². The van der Waals surface area contributed by atoms with Crippen LogP contribution in [0.1, 0.15) is 27.4 Å². The molecule has 0 radical (unpaired) electrons. The molecular formula is C17H14N2O2. The second-order valence-corrected chi connectivity index (χ2v) is 5.47. The number of hydrogen-bond acceptors (Lipinski definition) is 2. The Kier molecular flexibility index (Phi) is 2.57. The number of amides is 2. The van der Waals surface area contributed by atoms with E-state index in [4.69, 9.17) is 0 Å². The molecule has 0 bridgehead atoms. The molecule has 2 unspecified atom stereocenters. The van der Waals surface area contributed by atoms with Gasteiger partial charge < -0.3 is 0 Å². The van der Waals surface area contributed by atoms with Crippen molar-refractivity contribution in [3.05, 3.63) is 71.3 Å². The van der Waals surface area contributed by atoms with Crippen molar-refractivity contribution in [1.29, 1.82) is 0 Å². The molecule has 1 heterocycles. The van der Waals surface area contributed by atoms with Gasteiger partial charge in [-0.25, -0.2) is 5.01 Å². The summed E-state index contributed by atoms with van der Waals surface area (Å²) in [4.78, 5) is 24.9. The fourth-order valence-corrected chi connectivity index (χ4v) is 3.32. The molecular weight excluding hydrogens is 264 g/mol. The minimum absolute atomic E-state index is 0.0887. The first kappa shape index (κ1) is 12.1. The number of nitrogens with one attached hydrogen (secondary N) is 1. The molecule has 4 rings (SSSR count). The summed E-state index contributed by atoms with van der Waals surface area (Å²) in [5.74, 6) is -0.479. The average Bonchev–Trinajstić information content (AvgIpc) is 3.05. The normalized spacial score (nSPS) is 22.7. The summed E-state index contributed by atoms with van der Waals surface area (Å²) >= 11 is 0. The topological polar surface area (TPSA) is 49.4 Å². The summed E-state index contributed by atoms with van der Waals surface area (Å²) in [5.41, 5.74) is 5.54. The number of fused-ring (bicyclic) bond motifs is 3. The van der Waals surface area contributed by atoms with E-state index in [1.807, 2.05) is 42.5 Å². The van der Waals surface area contributed by atoms with Crippen molar-refractivity contribution < 1.29 is 9.59 Å². The van der Waals surface area contributed by atoms with Gasteiger partial charge in [-0.15, -0.1) is 0 Å². The smallest absolute Gasteiger partial charge is 0.272 e. The fraction of sp³-hybridized carbons (Fsp3) is 0.176. The van der Waals surface area contributed by atoms with Crippen LogP contribution >= 0.6 is 0 Å². The van der Waals surface area contributed by atoms with E-state index in [2.05, 4.69) is 5.43 Å². The molecule has 0 spiro atoms. The Balaban J connectivity index is 1.69. The molecule has 0 aromatic heterocycles. The third-order valence-electron chi connectivity index (χ3n) is 4.29. The van der Waals surface area contributed by atoms with Crippen molar-refractivity contribution in [2.24, 2.45) is 0 Å². The lowest BCUT2D eigenvalue weighted by Gasteiger charge is -2.22. The van der Waals surface area contributed by atoms with Crippen molar-refractivity contribution >= 4 is 11.8 Å². The van der Waals surface area contributed by atoms with Gasteiger partial charge in [0.1, 0.15) is 0 Å². The second-order valence-electron chi connectivity index (χ2n) is 5.47. The van der Waals surface area contributed by atoms with Crippen molar-refractivity contribution in [1.82, 2.24) is 10.4 Å². The highest BCUT2D eigenvalue weighted by molar-refractivity contribution is 5.99. The maximum absolute atomic E-state index is 12.6. The average molecular weight is 278 g/mol. The molecule has 2 atom stereocenters. The fourth-order valence-electron chi connectivity index (χ4n) is 3.32. The van der Waals surface area contributed by atoms with Crippen molar-refractivity contribution in [3.63, 3.8) is 0 Å². The molecule has 2 aromatic rings. The minimum Gasteiger partial charge on any atom is -0.272 e. The molecule has 4 heteroatoms. The van der Waals surface area contributed by atoms with E-state index in [-0.39, 0.29) is 23.8 Å². The Hall–Kier alpha value is -2.62. The number of rotatable bonds is 1. The first-order chi connectivity index (χ1) is 10.3. The lowest BCUT2D eigenvalue weighted by molar-refractivity contribution is -0.121. The van der Waals surface area contributed by atoms with Crippen LogP contribution in [0, 0.1) is 0 Å². The summed E-state index contributed by atoms with van der Waals surface area (Å²) in [6.45, 7) is 0. The van der Waals surface area contributed by atoms with Crippen LogP contribution in [0.5, 0.6) is 0 Å². The van der Waals surface area contributed by atoms with Gasteiger partial charge in [-0.1, -0.05) is 42.5 Å². The first-order valence-corrected chi connectivity index (χ1v) is 7.02. The van der Waals surface area contributed by atoms with Crippen LogP contribution < -0.4 is 5.43 Å². The van der Waals surface area contributed by atoms with Crippen LogP contribution in [0.15, 0.2) is 54.6 Å². The highest BCUT2D eigenvalue weighted by Gasteiger charge is 2.48. The summed E-state index contributed by atoms with van der Waals surface area (Å²) in [5, 5.41) is 1.50. The quantitative estimate of drug-likeness (QED) is 0.866. The molecule has 4 nitrogen and oxygen atoms in total. The van der Waals surface area contributed by atoms with Crippen LogP contribution in [-0.4, -0.2) is 22.9 Å². The molecule has 1 fully saturated rings. The molecule has 1 N–H and O–H groups in total. The van der Waals surface area contributed by atoms with E-state index in [9.17, 15) is 9.59 Å². The van der Waals surface area contributed by atoms with E-state index >= 15 is 0 Å². The van der Waals surface area contributed by atoms with E-state index in [0.717, 1.165) is 17.5 Å². The Labute approximate surface area is 122 Å². The maximum Gasteiger partial charge on any atom is 0.272 e. The van der Waals surface area contributed by atoms with E-state index in [0.29, 0.717) is 5.56 Å². The molecule has 2 aliphatic rings. The van der Waals surface area contributed by atoms with Gasteiger partial charge in [-0.2, -0.15) is 0 Å². The van der Waals surface area contributed by atoms with Crippen LogP contribution in [-0.2, 0) is 11.2 Å². The zero-order valence-electron chi connectivity index (χ0n) is 11.3. The van der Waals surface area contributed by atoms with Crippen molar-refractivity contribution in [3.8, 4) is 0 Å². The van der Waals surface area contributed by atoms with Crippen molar-refractivity contribution in [2.45, 2.75) is 18.4 Å². The molecule has 104 valence electrons. The number of carbonyl (C=O) groups is 2. The zero-order valence-corrected chi connectivity index (χ0v) is 11.3. The number of nitrogens with zero attached hydrogens (tertiary/aromatic N) is 1. The van der Waals surface area contributed by atoms with Gasteiger partial charge in [0.15, 0.2) is 0 Å². The van der Waals surface area contributed by atoms with E-state index in [1.165, 1.54) is 5.01 Å². The monoisotopic (exact) mass is 278 g/mol. The van der Waals surface area contributed by atoms with Gasteiger partial charge >= 0.3 is 0 Å². The molecule has 0 saturated carbocycles. The molecule has 21 heavy (non-hydrogen) atoms. The molecule has 2 aromatic carbocycles. The number of benzene rings is 2. The van der Waals surface area contributed by atoms with Crippen molar-refractivity contribution in [2.75, 3.05) is 0 Å². The van der Waals surface area contributed by atoms with E-state index in [1.54, 1.807) is 12.1 Å². The Bertz CT molecular complexity index is 727. The first-order valence-electron chi connectivity index (χ1n) is 7.02. The van der Waals surface area contributed by atoms with Gasteiger partial charge in [0.05, 0.1) is 12.0 Å². The Morgan fingerprint density at radius 2 is 1.76 bits per heavy atom. The SMILES string of the molecule is O=C1NN(C(=O)c2ccccc2)C2Cc3ccccc3C12. The summed E-state index contributed by atoms with van der Waals surface area (Å²) < 4.78 is 0. The maximum atomic E-state index is 12.6. The predicted molar refractivity (Wildman–Crippen MR) is 77.4 cm³/mol. The lowest BCUT2D eigenvalue weighted by Crippen LogP contribution is -2.43. The zero-order chi connectivity index (χ0) is 14.4. The lowest BCUT2D eigenvalue weighted by atomic mass is 9.99. The van der Waals surface area contributed by atoms with Crippen LogP contribution in [0.3, 0.4) is 0 Å². The Morgan fingerprint density at radius 1 is 1.05 bits per heavy atom. The van der Waals surface area contributed by atoms with E-state index < -0.39 is 0 Å². The molecule has 1 aliphatic heterocycles. The van der Waals surface area contributed by atoms with Gasteiger partial charge in [-0.05, 0) is 29.7 Å². The summed E-state index contributed by atoms with van der Waals surface area (Å²) in [6, 6.07) is 16.9. The van der Waals surface area contributed by atoms with Crippen LogP contribution in [0.25, 0.3) is 0 Å². The number of hydrogen-bond donors (Lipinski definition) is 1. The highest BCUT2D eigenvalue weighted by Crippen LogP contribution is 2.39. The van der Waals surface area contributed by atoms with Crippen LogP contribution in [0.2, 0.25) is 0 Å². The van der Waals surface area contributed by atoms with Crippen LogP contribution in [0.4, 0.5) is 0 Å². The molecule has 1 saturated heterocycles. The third kappa shape index (κ3) is 1.76. The summed E-state index contributed by atoms with van der Waals surface area (Å²) in [6.07, 6.45) is 0.720. The minimum atomic E-state index is -0.242. The van der Waals surface area contributed by atoms with Gasteiger partial charge in [0, 0.05) is 5.56 Å². The highest BCUT2D eigenvalue weighted by atomic mass is 16.2. The second kappa shape index (κ2) is 4.45. The molecule has 2 amide bonds. The van der Waals surface area contributed by atoms with Gasteiger partial charge in [0.25, 0.3) is 5.91 Å². The predicted octanol–water partition coefficient (Wildman–Crippen LogP) is 1.88. The van der Waals surface area contributed by atoms with Gasteiger partial charge in [0.2, 0.25) is 5.91 Å². The Morgan fingerprint density at radius 3 is 2.57 bits per heavy atom. The summed E-state index contributed by atoms with van der Waals surface area (Å²) in [7, 11) is 0. The molecule has 1 aliphatic carbocycles. The number of hydrazine groups is 1. The standard InChI is InChI=1S/C17H14N2O2/c20-16-15-13-9-5-4-8-12(13)10-14(15)19(18-16)17(21)11-6-2-1-3-7-11/h1-9,14-15H,10H2,(H,18,20).